The number of amides is 1. The first-order valence-corrected chi connectivity index (χ1v) is 9.74. The summed E-state index contributed by atoms with van der Waals surface area (Å²) in [6.45, 7) is 2.32. The van der Waals surface area contributed by atoms with Crippen molar-refractivity contribution in [1.29, 1.82) is 0 Å². The lowest BCUT2D eigenvalue weighted by Gasteiger charge is -2.26. The minimum Gasteiger partial charge on any atom is -0.486 e. The molecule has 0 spiro atoms. The average Bonchev–Trinajstić information content (AvgIpc) is 3.11. The summed E-state index contributed by atoms with van der Waals surface area (Å²) in [7, 11) is 0. The highest BCUT2D eigenvalue weighted by Gasteiger charge is 2.28. The number of likely N-dealkylation sites (tertiary alicyclic amines) is 1. The SMILES string of the molecule is O=C(CN1CCC[C@@H]1c1ccc2c(c1)OCCO2)Nc1ccc(Cl)cc1Cl. The Balaban J connectivity index is 1.44. The largest absolute Gasteiger partial charge is 0.486 e. The molecule has 1 amide bonds. The number of rotatable bonds is 4. The van der Waals surface area contributed by atoms with E-state index in [1.165, 1.54) is 0 Å². The summed E-state index contributed by atoms with van der Waals surface area (Å²) < 4.78 is 11.3. The highest BCUT2D eigenvalue weighted by atomic mass is 35.5. The van der Waals surface area contributed by atoms with Crippen molar-refractivity contribution in [1.82, 2.24) is 4.90 Å². The molecule has 1 atom stereocenters. The third-order valence-electron chi connectivity index (χ3n) is 4.87. The van der Waals surface area contributed by atoms with Crippen LogP contribution in [0, 0.1) is 0 Å². The smallest absolute Gasteiger partial charge is 0.238 e. The first-order chi connectivity index (χ1) is 13.1. The van der Waals surface area contributed by atoms with Gasteiger partial charge in [-0.05, 0) is 55.3 Å². The van der Waals surface area contributed by atoms with Crippen LogP contribution < -0.4 is 14.8 Å². The van der Waals surface area contributed by atoms with Crippen LogP contribution in [0.25, 0.3) is 0 Å². The first-order valence-electron chi connectivity index (χ1n) is 8.98. The van der Waals surface area contributed by atoms with Gasteiger partial charge in [0.25, 0.3) is 0 Å². The lowest BCUT2D eigenvalue weighted by Crippen LogP contribution is -2.33. The molecule has 142 valence electrons. The minimum atomic E-state index is -0.0938. The van der Waals surface area contributed by atoms with Crippen LogP contribution in [0.1, 0.15) is 24.4 Å². The van der Waals surface area contributed by atoms with Crippen LogP contribution in [-0.4, -0.2) is 37.1 Å². The zero-order chi connectivity index (χ0) is 18.8. The molecule has 7 heteroatoms. The third kappa shape index (κ3) is 4.15. The molecule has 2 aromatic carbocycles. The van der Waals surface area contributed by atoms with E-state index in [-0.39, 0.29) is 11.9 Å². The number of carbonyl (C=O) groups excluding carboxylic acids is 1. The lowest BCUT2D eigenvalue weighted by atomic mass is 10.0. The van der Waals surface area contributed by atoms with E-state index in [1.54, 1.807) is 18.2 Å². The predicted octanol–water partition coefficient (Wildman–Crippen LogP) is 4.54. The number of anilines is 1. The summed E-state index contributed by atoms with van der Waals surface area (Å²) in [5, 5.41) is 3.84. The van der Waals surface area contributed by atoms with E-state index >= 15 is 0 Å². The van der Waals surface area contributed by atoms with Crippen molar-refractivity contribution in [2.24, 2.45) is 0 Å². The molecule has 1 fully saturated rings. The van der Waals surface area contributed by atoms with Crippen molar-refractivity contribution in [3.8, 4) is 11.5 Å². The van der Waals surface area contributed by atoms with Gasteiger partial charge in [0.1, 0.15) is 13.2 Å². The lowest BCUT2D eigenvalue weighted by molar-refractivity contribution is -0.117. The second-order valence-electron chi connectivity index (χ2n) is 6.70. The number of benzene rings is 2. The van der Waals surface area contributed by atoms with Crippen LogP contribution in [0.15, 0.2) is 36.4 Å². The summed E-state index contributed by atoms with van der Waals surface area (Å²) in [5.41, 5.74) is 1.72. The second-order valence-corrected chi connectivity index (χ2v) is 7.55. The van der Waals surface area contributed by atoms with Crippen molar-refractivity contribution in [3.05, 3.63) is 52.0 Å². The fourth-order valence-corrected chi connectivity index (χ4v) is 4.08. The van der Waals surface area contributed by atoms with Crippen LogP contribution in [0.3, 0.4) is 0 Å². The summed E-state index contributed by atoms with van der Waals surface area (Å²) in [6.07, 6.45) is 2.06. The molecule has 2 aliphatic rings. The number of nitrogens with one attached hydrogen (secondary N) is 1. The molecule has 0 radical (unpaired) electrons. The maximum atomic E-state index is 12.5. The van der Waals surface area contributed by atoms with E-state index in [0.717, 1.165) is 36.4 Å². The maximum Gasteiger partial charge on any atom is 0.238 e. The fourth-order valence-electron chi connectivity index (χ4n) is 3.63. The highest BCUT2D eigenvalue weighted by molar-refractivity contribution is 6.36. The quantitative estimate of drug-likeness (QED) is 0.809. The zero-order valence-electron chi connectivity index (χ0n) is 14.7. The van der Waals surface area contributed by atoms with E-state index in [4.69, 9.17) is 32.7 Å². The van der Waals surface area contributed by atoms with Gasteiger partial charge in [-0.3, -0.25) is 9.69 Å². The fraction of sp³-hybridized carbons (Fsp3) is 0.350. The third-order valence-corrected chi connectivity index (χ3v) is 5.41. The molecule has 5 nitrogen and oxygen atoms in total. The molecule has 0 unspecified atom stereocenters. The molecule has 2 heterocycles. The molecule has 1 N–H and O–H groups in total. The standard InChI is InChI=1S/C20H20Cl2N2O3/c21-14-4-5-16(15(22)11-14)23-20(25)12-24-7-1-2-17(24)13-3-6-18-19(10-13)27-9-8-26-18/h3-6,10-11,17H,1-2,7-9,12H2,(H,23,25)/t17-/m1/s1. The van der Waals surface area contributed by atoms with E-state index in [1.807, 2.05) is 12.1 Å². The average molecular weight is 407 g/mol. The molecule has 0 bridgehead atoms. The number of nitrogens with zero attached hydrogens (tertiary/aromatic N) is 1. The Kier molecular flexibility index (Phi) is 5.43. The van der Waals surface area contributed by atoms with E-state index in [9.17, 15) is 4.79 Å². The van der Waals surface area contributed by atoms with Crippen molar-refractivity contribution in [3.63, 3.8) is 0 Å². The molecule has 1 saturated heterocycles. The molecular formula is C20H20Cl2N2O3. The van der Waals surface area contributed by atoms with Gasteiger partial charge in [0.2, 0.25) is 5.91 Å². The van der Waals surface area contributed by atoms with Gasteiger partial charge in [0, 0.05) is 11.1 Å². The Labute approximate surface area is 168 Å². The normalized spacial score (nSPS) is 19.1. The van der Waals surface area contributed by atoms with Crippen LogP contribution >= 0.6 is 23.2 Å². The topological polar surface area (TPSA) is 50.8 Å². The van der Waals surface area contributed by atoms with Crippen molar-refractivity contribution < 1.29 is 14.3 Å². The van der Waals surface area contributed by atoms with Crippen LogP contribution in [0.4, 0.5) is 5.69 Å². The summed E-state index contributed by atoms with van der Waals surface area (Å²) in [4.78, 5) is 14.7. The summed E-state index contributed by atoms with van der Waals surface area (Å²) in [6, 6.07) is 11.3. The molecule has 0 aromatic heterocycles. The van der Waals surface area contributed by atoms with Gasteiger partial charge >= 0.3 is 0 Å². The monoisotopic (exact) mass is 406 g/mol. The Morgan fingerprint density at radius 2 is 1.93 bits per heavy atom. The number of hydrogen-bond acceptors (Lipinski definition) is 4. The van der Waals surface area contributed by atoms with Crippen LogP contribution in [-0.2, 0) is 4.79 Å². The van der Waals surface area contributed by atoms with Gasteiger partial charge in [0.15, 0.2) is 11.5 Å². The van der Waals surface area contributed by atoms with E-state index in [0.29, 0.717) is 35.5 Å². The van der Waals surface area contributed by atoms with Crippen molar-refractivity contribution in [2.45, 2.75) is 18.9 Å². The van der Waals surface area contributed by atoms with Crippen molar-refractivity contribution in [2.75, 3.05) is 31.6 Å². The number of hydrogen-bond donors (Lipinski definition) is 1. The van der Waals surface area contributed by atoms with Gasteiger partial charge in [-0.1, -0.05) is 29.3 Å². The summed E-state index contributed by atoms with van der Waals surface area (Å²) in [5.74, 6) is 1.47. The highest BCUT2D eigenvalue weighted by Crippen LogP contribution is 2.38. The Morgan fingerprint density at radius 1 is 1.11 bits per heavy atom. The van der Waals surface area contributed by atoms with Gasteiger partial charge in [-0.25, -0.2) is 0 Å². The Bertz CT molecular complexity index is 859. The Hall–Kier alpha value is -1.95. The van der Waals surface area contributed by atoms with E-state index < -0.39 is 0 Å². The molecule has 0 aliphatic carbocycles. The predicted molar refractivity (Wildman–Crippen MR) is 106 cm³/mol. The molecule has 2 aliphatic heterocycles. The minimum absolute atomic E-state index is 0.0938. The number of carbonyl (C=O) groups is 1. The number of ether oxygens (including phenoxy) is 2. The van der Waals surface area contributed by atoms with Crippen molar-refractivity contribution >= 4 is 34.8 Å². The number of fused-ring (bicyclic) bond motifs is 1. The number of halogens is 2. The molecule has 4 rings (SSSR count). The van der Waals surface area contributed by atoms with Gasteiger partial charge < -0.3 is 14.8 Å². The summed E-state index contributed by atoms with van der Waals surface area (Å²) >= 11 is 12.0. The van der Waals surface area contributed by atoms with Crippen LogP contribution in [0.2, 0.25) is 10.0 Å². The first kappa shape index (κ1) is 18.4. The Morgan fingerprint density at radius 3 is 2.74 bits per heavy atom. The maximum absolute atomic E-state index is 12.5. The second kappa shape index (κ2) is 7.97. The van der Waals surface area contributed by atoms with Gasteiger partial charge in [-0.15, -0.1) is 0 Å². The van der Waals surface area contributed by atoms with Gasteiger partial charge in [-0.2, -0.15) is 0 Å². The molecule has 2 aromatic rings. The van der Waals surface area contributed by atoms with Crippen LogP contribution in [0.5, 0.6) is 11.5 Å². The van der Waals surface area contributed by atoms with Gasteiger partial charge in [0.05, 0.1) is 17.3 Å². The zero-order valence-corrected chi connectivity index (χ0v) is 16.2. The molecule has 27 heavy (non-hydrogen) atoms. The van der Waals surface area contributed by atoms with E-state index in [2.05, 4.69) is 16.3 Å². The molecular weight excluding hydrogens is 387 g/mol. The molecule has 0 saturated carbocycles.